The number of anilines is 1. The van der Waals surface area contributed by atoms with Crippen molar-refractivity contribution in [3.05, 3.63) is 54.0 Å². The minimum atomic E-state index is 0.724. The Morgan fingerprint density at radius 2 is 1.95 bits per heavy atom. The molecule has 5 nitrogen and oxygen atoms in total. The van der Waals surface area contributed by atoms with Crippen LogP contribution >= 0.6 is 0 Å². The normalized spacial score (nSPS) is 10.7. The summed E-state index contributed by atoms with van der Waals surface area (Å²) in [7, 11) is 0. The second-order valence-corrected chi connectivity index (χ2v) is 4.28. The van der Waals surface area contributed by atoms with Gasteiger partial charge in [0.25, 0.3) is 0 Å². The lowest BCUT2D eigenvalue weighted by molar-refractivity contribution is 0.268. The largest absolute Gasteiger partial charge is 0.308 e. The molecule has 0 aliphatic carbocycles. The monoisotopic (exact) mass is 257 g/mol. The van der Waals surface area contributed by atoms with Crippen LogP contribution in [0.5, 0.6) is 0 Å². The summed E-state index contributed by atoms with van der Waals surface area (Å²) >= 11 is 0. The number of hydrogen-bond acceptors (Lipinski definition) is 5. The lowest BCUT2D eigenvalue weighted by Gasteiger charge is -2.21. The predicted molar refractivity (Wildman–Crippen MR) is 76.1 cm³/mol. The Morgan fingerprint density at radius 1 is 1.11 bits per heavy atom. The van der Waals surface area contributed by atoms with Gasteiger partial charge in [-0.1, -0.05) is 19.1 Å². The molecule has 0 aliphatic heterocycles. The van der Waals surface area contributed by atoms with Crippen LogP contribution in [0.1, 0.15) is 18.2 Å². The van der Waals surface area contributed by atoms with Crippen molar-refractivity contribution in [2.75, 3.05) is 12.0 Å². The summed E-state index contributed by atoms with van der Waals surface area (Å²) in [6, 6.07) is 9.92. The standard InChI is InChI=1S/C14H19N5/c1-2-19(11-13-7-3-4-8-16-13)10-12-6-5-9-17-14(12)18-15/h3-9H,2,10-11,15H2,1H3,(H,17,18). The third kappa shape index (κ3) is 3.74. The third-order valence-corrected chi connectivity index (χ3v) is 2.98. The first-order valence-electron chi connectivity index (χ1n) is 6.36. The highest BCUT2D eigenvalue weighted by atomic mass is 15.3. The van der Waals surface area contributed by atoms with Gasteiger partial charge in [0.1, 0.15) is 5.82 Å². The molecule has 2 rings (SSSR count). The molecule has 0 bridgehead atoms. The zero-order valence-electron chi connectivity index (χ0n) is 11.1. The van der Waals surface area contributed by atoms with Gasteiger partial charge in [-0.15, -0.1) is 0 Å². The number of hydrazine groups is 1. The van der Waals surface area contributed by atoms with Crippen LogP contribution in [0.25, 0.3) is 0 Å². The fourth-order valence-corrected chi connectivity index (χ4v) is 1.94. The maximum Gasteiger partial charge on any atom is 0.144 e. The van der Waals surface area contributed by atoms with E-state index in [2.05, 4.69) is 27.2 Å². The molecule has 0 aromatic carbocycles. The molecule has 3 N–H and O–H groups in total. The van der Waals surface area contributed by atoms with E-state index in [0.717, 1.165) is 36.7 Å². The molecule has 0 radical (unpaired) electrons. The Bertz CT molecular complexity index is 500. The minimum Gasteiger partial charge on any atom is -0.308 e. The number of hydrogen-bond donors (Lipinski definition) is 2. The highest BCUT2D eigenvalue weighted by Crippen LogP contribution is 2.14. The highest BCUT2D eigenvalue weighted by molar-refractivity contribution is 5.42. The fraction of sp³-hybridized carbons (Fsp3) is 0.286. The van der Waals surface area contributed by atoms with Crippen molar-refractivity contribution in [2.45, 2.75) is 20.0 Å². The number of nitrogen functional groups attached to an aromatic ring is 1. The van der Waals surface area contributed by atoms with E-state index in [1.807, 2.05) is 36.5 Å². The molecule has 0 amide bonds. The van der Waals surface area contributed by atoms with E-state index in [0.29, 0.717) is 0 Å². The van der Waals surface area contributed by atoms with Gasteiger partial charge in [0.2, 0.25) is 0 Å². The third-order valence-electron chi connectivity index (χ3n) is 2.98. The lowest BCUT2D eigenvalue weighted by Crippen LogP contribution is -2.24. The van der Waals surface area contributed by atoms with Crippen molar-refractivity contribution in [3.8, 4) is 0 Å². The van der Waals surface area contributed by atoms with Crippen molar-refractivity contribution in [2.24, 2.45) is 5.84 Å². The second kappa shape index (κ2) is 6.82. The van der Waals surface area contributed by atoms with Gasteiger partial charge in [-0.2, -0.15) is 0 Å². The highest BCUT2D eigenvalue weighted by Gasteiger charge is 2.09. The van der Waals surface area contributed by atoms with Gasteiger partial charge >= 0.3 is 0 Å². The first-order chi connectivity index (χ1) is 9.33. The zero-order chi connectivity index (χ0) is 13.5. The number of rotatable bonds is 6. The van der Waals surface area contributed by atoms with Gasteiger partial charge in [-0.25, -0.2) is 10.8 Å². The molecule has 0 unspecified atom stereocenters. The van der Waals surface area contributed by atoms with Crippen molar-refractivity contribution >= 4 is 5.82 Å². The zero-order valence-corrected chi connectivity index (χ0v) is 11.1. The molecule has 0 saturated heterocycles. The second-order valence-electron chi connectivity index (χ2n) is 4.28. The van der Waals surface area contributed by atoms with Crippen LogP contribution in [0.15, 0.2) is 42.7 Å². The molecule has 2 aromatic heterocycles. The van der Waals surface area contributed by atoms with Gasteiger partial charge in [0.05, 0.1) is 5.69 Å². The summed E-state index contributed by atoms with van der Waals surface area (Å²) in [6.45, 7) is 4.68. The Morgan fingerprint density at radius 3 is 2.63 bits per heavy atom. The number of nitrogens with zero attached hydrogens (tertiary/aromatic N) is 3. The van der Waals surface area contributed by atoms with Crippen molar-refractivity contribution in [1.29, 1.82) is 0 Å². The van der Waals surface area contributed by atoms with Crippen LogP contribution in [0.3, 0.4) is 0 Å². The number of nitrogens with one attached hydrogen (secondary N) is 1. The van der Waals surface area contributed by atoms with Gasteiger partial charge in [0.15, 0.2) is 0 Å². The van der Waals surface area contributed by atoms with Crippen LogP contribution in [0.4, 0.5) is 5.82 Å². The van der Waals surface area contributed by atoms with Gasteiger partial charge < -0.3 is 5.43 Å². The maximum absolute atomic E-state index is 5.48. The number of nitrogens with two attached hydrogens (primary N) is 1. The first kappa shape index (κ1) is 13.5. The van der Waals surface area contributed by atoms with E-state index in [4.69, 9.17) is 5.84 Å². The number of pyridine rings is 2. The summed E-state index contributed by atoms with van der Waals surface area (Å²) in [5, 5.41) is 0. The SMILES string of the molecule is CCN(Cc1ccccn1)Cc1cccnc1NN. The molecule has 2 aromatic rings. The van der Waals surface area contributed by atoms with E-state index < -0.39 is 0 Å². The Labute approximate surface area is 113 Å². The molecule has 2 heterocycles. The summed E-state index contributed by atoms with van der Waals surface area (Å²) in [5.74, 6) is 6.20. The van der Waals surface area contributed by atoms with E-state index >= 15 is 0 Å². The van der Waals surface area contributed by atoms with Crippen LogP contribution in [-0.4, -0.2) is 21.4 Å². The number of aromatic nitrogens is 2. The average Bonchev–Trinajstić information content (AvgIpc) is 2.48. The average molecular weight is 257 g/mol. The Balaban J connectivity index is 2.07. The molecule has 0 aliphatic rings. The molecule has 5 heteroatoms. The van der Waals surface area contributed by atoms with Crippen LogP contribution in [0, 0.1) is 0 Å². The molecule has 100 valence electrons. The minimum absolute atomic E-state index is 0.724. The summed E-state index contributed by atoms with van der Waals surface area (Å²) in [6.07, 6.45) is 3.55. The van der Waals surface area contributed by atoms with E-state index in [-0.39, 0.29) is 0 Å². The van der Waals surface area contributed by atoms with E-state index in [1.54, 1.807) is 6.20 Å². The summed E-state index contributed by atoms with van der Waals surface area (Å²) < 4.78 is 0. The van der Waals surface area contributed by atoms with Crippen LogP contribution in [0.2, 0.25) is 0 Å². The molecular formula is C14H19N5. The van der Waals surface area contributed by atoms with Gasteiger partial charge in [0, 0.05) is 31.0 Å². The Kier molecular flexibility index (Phi) is 4.83. The van der Waals surface area contributed by atoms with Gasteiger partial charge in [-0.3, -0.25) is 9.88 Å². The molecule has 0 atom stereocenters. The van der Waals surface area contributed by atoms with Gasteiger partial charge in [-0.05, 0) is 24.7 Å². The smallest absolute Gasteiger partial charge is 0.144 e. The van der Waals surface area contributed by atoms with E-state index in [9.17, 15) is 0 Å². The maximum atomic E-state index is 5.48. The topological polar surface area (TPSA) is 67.1 Å². The predicted octanol–water partition coefficient (Wildman–Crippen LogP) is 1.78. The van der Waals surface area contributed by atoms with Crippen molar-refractivity contribution in [1.82, 2.24) is 14.9 Å². The molecule has 0 saturated carbocycles. The quantitative estimate of drug-likeness (QED) is 0.610. The van der Waals surface area contributed by atoms with Crippen LogP contribution in [-0.2, 0) is 13.1 Å². The molecule has 0 spiro atoms. The molecule has 0 fully saturated rings. The summed E-state index contributed by atoms with van der Waals surface area (Å²) in [5.41, 5.74) is 4.79. The molecule has 19 heavy (non-hydrogen) atoms. The van der Waals surface area contributed by atoms with Crippen molar-refractivity contribution in [3.63, 3.8) is 0 Å². The Hall–Kier alpha value is -1.98. The summed E-state index contributed by atoms with van der Waals surface area (Å²) in [4.78, 5) is 10.9. The van der Waals surface area contributed by atoms with E-state index in [1.165, 1.54) is 0 Å². The van der Waals surface area contributed by atoms with Crippen molar-refractivity contribution < 1.29 is 0 Å². The first-order valence-corrected chi connectivity index (χ1v) is 6.36. The molecular weight excluding hydrogens is 238 g/mol. The fourth-order valence-electron chi connectivity index (χ4n) is 1.94. The lowest BCUT2D eigenvalue weighted by atomic mass is 10.2. The van der Waals surface area contributed by atoms with Crippen LogP contribution < -0.4 is 11.3 Å².